The van der Waals surface area contributed by atoms with Crippen molar-refractivity contribution in [2.24, 2.45) is 23.7 Å². The van der Waals surface area contributed by atoms with Gasteiger partial charge in [0.05, 0.1) is 5.60 Å². The summed E-state index contributed by atoms with van der Waals surface area (Å²) < 4.78 is 12.2. The molecular formula is C17H28O4. The Morgan fingerprint density at radius 1 is 1.38 bits per heavy atom. The Morgan fingerprint density at radius 3 is 2.71 bits per heavy atom. The van der Waals surface area contributed by atoms with Gasteiger partial charge in [-0.25, -0.2) is 4.79 Å². The second-order valence-electron chi connectivity index (χ2n) is 7.88. The van der Waals surface area contributed by atoms with E-state index in [-0.39, 0.29) is 17.3 Å². The Hall–Kier alpha value is -0.610. The largest absolute Gasteiger partial charge is 0.457 e. The number of carbonyl (C=O) groups excluding carboxylic acids is 1. The van der Waals surface area contributed by atoms with Gasteiger partial charge in [-0.05, 0) is 43.4 Å². The first-order chi connectivity index (χ1) is 9.82. The van der Waals surface area contributed by atoms with Gasteiger partial charge in [0.2, 0.25) is 0 Å². The fourth-order valence-corrected chi connectivity index (χ4v) is 5.17. The summed E-state index contributed by atoms with van der Waals surface area (Å²) in [5.41, 5.74) is -0.558. The highest BCUT2D eigenvalue weighted by atomic mass is 16.6. The summed E-state index contributed by atoms with van der Waals surface area (Å²) >= 11 is 0. The monoisotopic (exact) mass is 296 g/mol. The molecule has 1 aliphatic carbocycles. The lowest BCUT2D eigenvalue weighted by Gasteiger charge is -2.48. The summed E-state index contributed by atoms with van der Waals surface area (Å²) in [6, 6.07) is 0. The minimum Gasteiger partial charge on any atom is -0.457 e. The first-order valence-electron chi connectivity index (χ1n) is 8.33. The molecule has 0 spiro atoms. The number of hydrogen-bond donors (Lipinski definition) is 1. The van der Waals surface area contributed by atoms with Crippen LogP contribution in [0.2, 0.25) is 0 Å². The Bertz CT molecular complexity index is 435. The van der Waals surface area contributed by atoms with Crippen LogP contribution in [0.25, 0.3) is 0 Å². The maximum absolute atomic E-state index is 11.6. The van der Waals surface area contributed by atoms with E-state index in [0.717, 1.165) is 25.2 Å². The zero-order chi connectivity index (χ0) is 15.4. The van der Waals surface area contributed by atoms with Gasteiger partial charge in [-0.2, -0.15) is 0 Å². The molecule has 0 aromatic carbocycles. The molecule has 120 valence electrons. The van der Waals surface area contributed by atoms with Crippen LogP contribution in [0.1, 0.15) is 53.4 Å². The number of carbonyl (C=O) groups is 1. The van der Waals surface area contributed by atoms with Crippen LogP contribution in [0.5, 0.6) is 0 Å². The van der Waals surface area contributed by atoms with Crippen LogP contribution >= 0.6 is 0 Å². The molecule has 3 unspecified atom stereocenters. The van der Waals surface area contributed by atoms with Crippen molar-refractivity contribution in [3.8, 4) is 0 Å². The van der Waals surface area contributed by atoms with E-state index in [1.165, 1.54) is 6.42 Å². The number of hydrogen-bond acceptors (Lipinski definition) is 4. The van der Waals surface area contributed by atoms with Crippen LogP contribution in [-0.4, -0.2) is 35.0 Å². The smallest absolute Gasteiger partial charge is 0.332 e. The van der Waals surface area contributed by atoms with Crippen LogP contribution in [0.15, 0.2) is 0 Å². The summed E-state index contributed by atoms with van der Waals surface area (Å²) in [6.07, 6.45) is 4.03. The van der Waals surface area contributed by atoms with E-state index in [1.807, 2.05) is 0 Å². The molecule has 1 saturated carbocycles. The molecule has 3 aliphatic rings. The van der Waals surface area contributed by atoms with Gasteiger partial charge in [-0.15, -0.1) is 0 Å². The molecule has 2 heterocycles. The van der Waals surface area contributed by atoms with E-state index in [1.54, 1.807) is 0 Å². The van der Waals surface area contributed by atoms with Gasteiger partial charge in [0.1, 0.15) is 18.3 Å². The van der Waals surface area contributed by atoms with Crippen LogP contribution in [0, 0.1) is 23.7 Å². The van der Waals surface area contributed by atoms with Crippen LogP contribution in [-0.2, 0) is 14.3 Å². The molecule has 0 radical (unpaired) electrons. The minimum absolute atomic E-state index is 0.172. The van der Waals surface area contributed by atoms with Gasteiger partial charge < -0.3 is 14.6 Å². The number of aliphatic hydroxyl groups excluding tert-OH is 1. The lowest BCUT2D eigenvalue weighted by molar-refractivity contribution is -0.214. The van der Waals surface area contributed by atoms with E-state index >= 15 is 0 Å². The number of rotatable bonds is 3. The molecule has 3 rings (SSSR count). The molecule has 6 atom stereocenters. The molecule has 2 aliphatic heterocycles. The number of fused-ring (bicyclic) bond motifs is 4. The highest BCUT2D eigenvalue weighted by Crippen LogP contribution is 2.62. The fraction of sp³-hybridized carbons (Fsp3) is 0.941. The molecule has 0 amide bonds. The summed E-state index contributed by atoms with van der Waals surface area (Å²) in [5, 5.41) is 9.01. The van der Waals surface area contributed by atoms with Gasteiger partial charge >= 0.3 is 5.97 Å². The maximum Gasteiger partial charge on any atom is 0.332 e. The SMILES string of the molecule is CC(C)[C@]12CC3[C@H](C)CC[C@H]3C(C)(O1)C(OC(=O)CO)C2. The molecule has 2 saturated heterocycles. The molecule has 0 aromatic rings. The number of aliphatic hydroxyl groups is 1. The van der Waals surface area contributed by atoms with E-state index in [2.05, 4.69) is 27.7 Å². The number of esters is 1. The van der Waals surface area contributed by atoms with E-state index in [9.17, 15) is 4.79 Å². The summed E-state index contributed by atoms with van der Waals surface area (Å²) in [5.74, 6) is 1.74. The third-order valence-corrected chi connectivity index (χ3v) is 6.55. The summed E-state index contributed by atoms with van der Waals surface area (Å²) in [4.78, 5) is 11.6. The third-order valence-electron chi connectivity index (χ3n) is 6.55. The third kappa shape index (κ3) is 2.14. The summed E-state index contributed by atoms with van der Waals surface area (Å²) in [7, 11) is 0. The molecule has 0 aromatic heterocycles. The summed E-state index contributed by atoms with van der Waals surface area (Å²) in [6.45, 7) is 8.34. The highest BCUT2D eigenvalue weighted by molar-refractivity contribution is 5.70. The van der Waals surface area contributed by atoms with Crippen LogP contribution < -0.4 is 0 Å². The highest BCUT2D eigenvalue weighted by Gasteiger charge is 2.66. The quantitative estimate of drug-likeness (QED) is 0.813. The Morgan fingerprint density at radius 2 is 2.10 bits per heavy atom. The Kier molecular flexibility index (Phi) is 3.61. The standard InChI is InChI=1S/C17H28O4/c1-10(2)17-7-12-11(3)5-6-13(12)16(4,21-17)14(8-17)20-15(19)9-18/h10-14,18H,5-9H2,1-4H3/t11-,12?,13-,14?,16?,17-/m1/s1. The first kappa shape index (κ1) is 15.3. The van der Waals surface area contributed by atoms with Crippen LogP contribution in [0.4, 0.5) is 0 Å². The predicted molar refractivity (Wildman–Crippen MR) is 78.6 cm³/mol. The van der Waals surface area contributed by atoms with E-state index < -0.39 is 12.6 Å². The van der Waals surface area contributed by atoms with E-state index in [0.29, 0.717) is 17.8 Å². The maximum atomic E-state index is 11.6. The molecule has 2 bridgehead atoms. The number of ether oxygens (including phenoxy) is 2. The fourth-order valence-electron chi connectivity index (χ4n) is 5.17. The Balaban J connectivity index is 1.94. The Labute approximate surface area is 127 Å². The van der Waals surface area contributed by atoms with Gasteiger partial charge in [-0.3, -0.25) is 0 Å². The van der Waals surface area contributed by atoms with Gasteiger partial charge in [-0.1, -0.05) is 27.2 Å². The second-order valence-corrected chi connectivity index (χ2v) is 7.88. The lowest BCUT2D eigenvalue weighted by Crippen LogP contribution is -2.53. The second kappa shape index (κ2) is 4.95. The van der Waals surface area contributed by atoms with Crippen molar-refractivity contribution >= 4 is 5.97 Å². The van der Waals surface area contributed by atoms with Gasteiger partial charge in [0.25, 0.3) is 0 Å². The minimum atomic E-state index is -0.550. The topological polar surface area (TPSA) is 55.8 Å². The van der Waals surface area contributed by atoms with Crippen molar-refractivity contribution in [3.63, 3.8) is 0 Å². The normalized spacial score (nSPS) is 48.5. The molecule has 3 fully saturated rings. The van der Waals surface area contributed by atoms with Crippen molar-refractivity contribution in [3.05, 3.63) is 0 Å². The lowest BCUT2D eigenvalue weighted by atomic mass is 9.72. The van der Waals surface area contributed by atoms with Crippen molar-refractivity contribution in [2.75, 3.05) is 6.61 Å². The molecule has 4 nitrogen and oxygen atoms in total. The van der Waals surface area contributed by atoms with Gasteiger partial charge in [0, 0.05) is 6.42 Å². The molecule has 1 N–H and O–H groups in total. The van der Waals surface area contributed by atoms with Crippen molar-refractivity contribution < 1.29 is 19.4 Å². The zero-order valence-corrected chi connectivity index (χ0v) is 13.6. The molecule has 21 heavy (non-hydrogen) atoms. The molecular weight excluding hydrogens is 268 g/mol. The van der Waals surface area contributed by atoms with Crippen LogP contribution in [0.3, 0.4) is 0 Å². The predicted octanol–water partition coefficient (Wildman–Crippen LogP) is 2.53. The van der Waals surface area contributed by atoms with Crippen molar-refractivity contribution in [2.45, 2.75) is 70.7 Å². The van der Waals surface area contributed by atoms with Crippen molar-refractivity contribution in [1.29, 1.82) is 0 Å². The van der Waals surface area contributed by atoms with Gasteiger partial charge in [0.15, 0.2) is 0 Å². The average molecular weight is 296 g/mol. The first-order valence-corrected chi connectivity index (χ1v) is 8.33. The zero-order valence-electron chi connectivity index (χ0n) is 13.6. The molecule has 4 heteroatoms. The average Bonchev–Trinajstić information content (AvgIpc) is 2.90. The van der Waals surface area contributed by atoms with E-state index in [4.69, 9.17) is 14.6 Å². The van der Waals surface area contributed by atoms with Crippen molar-refractivity contribution in [1.82, 2.24) is 0 Å².